The van der Waals surface area contributed by atoms with Gasteiger partial charge in [0, 0.05) is 11.3 Å². The molecule has 3 rings (SSSR count). The first kappa shape index (κ1) is 13.3. The minimum atomic E-state index is 0.451. The highest BCUT2D eigenvalue weighted by Crippen LogP contribution is 2.26. The van der Waals surface area contributed by atoms with Crippen LogP contribution >= 0.6 is 0 Å². The van der Waals surface area contributed by atoms with Crippen LogP contribution in [0.2, 0.25) is 0 Å². The van der Waals surface area contributed by atoms with Gasteiger partial charge in [0.25, 0.3) is 0 Å². The van der Waals surface area contributed by atoms with E-state index in [4.69, 9.17) is 5.73 Å². The molecule has 0 aliphatic rings. The van der Waals surface area contributed by atoms with Crippen LogP contribution in [0.3, 0.4) is 0 Å². The van der Waals surface area contributed by atoms with Crippen molar-refractivity contribution in [3.63, 3.8) is 0 Å². The Morgan fingerprint density at radius 1 is 1.05 bits per heavy atom. The molecule has 1 heterocycles. The van der Waals surface area contributed by atoms with E-state index in [2.05, 4.69) is 41.5 Å². The largest absolute Gasteiger partial charge is 0.398 e. The van der Waals surface area contributed by atoms with Gasteiger partial charge in [0.1, 0.15) is 0 Å². The predicted molar refractivity (Wildman–Crippen MR) is 83.1 cm³/mol. The fourth-order valence-electron chi connectivity index (χ4n) is 2.25. The lowest BCUT2D eigenvalue weighted by atomic mass is 10.0. The molecule has 2 N–H and O–H groups in total. The summed E-state index contributed by atoms with van der Waals surface area (Å²) in [5, 5.41) is 12.0. The molecule has 0 amide bonds. The zero-order valence-electron chi connectivity index (χ0n) is 12.1. The van der Waals surface area contributed by atoms with Crippen LogP contribution in [0.5, 0.6) is 0 Å². The monoisotopic (exact) mass is 279 g/mol. The van der Waals surface area contributed by atoms with Gasteiger partial charge in [-0.25, -0.2) is 0 Å². The zero-order chi connectivity index (χ0) is 14.8. The maximum Gasteiger partial charge on any atom is 0.189 e. The molecule has 0 aliphatic heterocycles. The van der Waals surface area contributed by atoms with Crippen LogP contribution in [0.4, 0.5) is 5.69 Å². The van der Waals surface area contributed by atoms with E-state index in [0.29, 0.717) is 17.4 Å². The van der Waals surface area contributed by atoms with Crippen LogP contribution in [0.15, 0.2) is 48.5 Å². The maximum absolute atomic E-state index is 6.03. The minimum Gasteiger partial charge on any atom is -0.398 e. The third kappa shape index (κ3) is 2.50. The molecule has 0 bridgehead atoms. The summed E-state index contributed by atoms with van der Waals surface area (Å²) >= 11 is 0. The number of rotatable bonds is 3. The number of para-hydroxylation sites is 1. The highest BCUT2D eigenvalue weighted by atomic mass is 15.5. The SMILES string of the molecule is CC(C)c1cccc(-n2nnnc2-c2ccccc2N)c1. The van der Waals surface area contributed by atoms with E-state index < -0.39 is 0 Å². The number of hydrogen-bond acceptors (Lipinski definition) is 4. The Morgan fingerprint density at radius 3 is 2.62 bits per heavy atom. The molecule has 0 saturated heterocycles. The first-order valence-corrected chi connectivity index (χ1v) is 6.90. The maximum atomic E-state index is 6.03. The second kappa shape index (κ2) is 5.36. The van der Waals surface area contributed by atoms with Crippen molar-refractivity contribution in [2.75, 3.05) is 5.73 Å². The average Bonchev–Trinajstić information content (AvgIpc) is 2.97. The van der Waals surface area contributed by atoms with Gasteiger partial charge in [-0.3, -0.25) is 0 Å². The van der Waals surface area contributed by atoms with E-state index >= 15 is 0 Å². The minimum absolute atomic E-state index is 0.451. The van der Waals surface area contributed by atoms with E-state index in [1.54, 1.807) is 4.68 Å². The number of nitrogen functional groups attached to an aromatic ring is 1. The number of hydrogen-bond donors (Lipinski definition) is 1. The summed E-state index contributed by atoms with van der Waals surface area (Å²) in [6, 6.07) is 15.8. The second-order valence-corrected chi connectivity index (χ2v) is 5.25. The van der Waals surface area contributed by atoms with Gasteiger partial charge in [0.05, 0.1) is 5.69 Å². The number of tetrazole rings is 1. The molecule has 0 unspecified atom stereocenters. The van der Waals surface area contributed by atoms with Gasteiger partial charge in [-0.2, -0.15) is 4.68 Å². The normalized spacial score (nSPS) is 11.0. The van der Waals surface area contributed by atoms with Gasteiger partial charge in [0.15, 0.2) is 5.82 Å². The first-order chi connectivity index (χ1) is 10.2. The van der Waals surface area contributed by atoms with Crippen molar-refractivity contribution in [3.05, 3.63) is 54.1 Å². The molecule has 0 spiro atoms. The fraction of sp³-hybridized carbons (Fsp3) is 0.188. The molecule has 2 aromatic carbocycles. The topological polar surface area (TPSA) is 69.6 Å². The van der Waals surface area contributed by atoms with E-state index in [9.17, 15) is 0 Å². The summed E-state index contributed by atoms with van der Waals surface area (Å²) in [5.74, 6) is 1.10. The van der Waals surface area contributed by atoms with E-state index in [1.165, 1.54) is 5.56 Å². The van der Waals surface area contributed by atoms with Crippen molar-refractivity contribution in [3.8, 4) is 17.1 Å². The van der Waals surface area contributed by atoms with Gasteiger partial charge in [0.2, 0.25) is 0 Å². The Labute approximate surface area is 123 Å². The van der Waals surface area contributed by atoms with Crippen molar-refractivity contribution in [2.45, 2.75) is 19.8 Å². The predicted octanol–water partition coefficient (Wildman–Crippen LogP) is 3.03. The fourth-order valence-corrected chi connectivity index (χ4v) is 2.25. The Kier molecular flexibility index (Phi) is 3.39. The van der Waals surface area contributed by atoms with Crippen LogP contribution in [-0.2, 0) is 0 Å². The molecule has 106 valence electrons. The summed E-state index contributed by atoms with van der Waals surface area (Å²) in [5.41, 5.74) is 9.70. The molecule has 0 atom stereocenters. The Balaban J connectivity index is 2.12. The van der Waals surface area contributed by atoms with Crippen LogP contribution in [0, 0.1) is 0 Å². The first-order valence-electron chi connectivity index (χ1n) is 6.90. The Bertz CT molecular complexity index is 761. The lowest BCUT2D eigenvalue weighted by Gasteiger charge is -2.10. The van der Waals surface area contributed by atoms with Crippen molar-refractivity contribution in [1.29, 1.82) is 0 Å². The summed E-state index contributed by atoms with van der Waals surface area (Å²) < 4.78 is 1.72. The van der Waals surface area contributed by atoms with Crippen LogP contribution in [0.1, 0.15) is 25.3 Å². The molecular formula is C16H17N5. The quantitative estimate of drug-likeness (QED) is 0.748. The number of aromatic nitrogens is 4. The van der Waals surface area contributed by atoms with Crippen LogP contribution in [0.25, 0.3) is 17.1 Å². The van der Waals surface area contributed by atoms with Gasteiger partial charge >= 0.3 is 0 Å². The molecule has 0 radical (unpaired) electrons. The van der Waals surface area contributed by atoms with Crippen molar-refractivity contribution < 1.29 is 0 Å². The van der Waals surface area contributed by atoms with E-state index in [0.717, 1.165) is 11.3 Å². The van der Waals surface area contributed by atoms with Gasteiger partial charge in [-0.1, -0.05) is 38.1 Å². The molecule has 5 nitrogen and oxygen atoms in total. The van der Waals surface area contributed by atoms with Gasteiger partial charge in [-0.15, -0.1) is 5.10 Å². The second-order valence-electron chi connectivity index (χ2n) is 5.25. The third-order valence-electron chi connectivity index (χ3n) is 3.45. The third-order valence-corrected chi connectivity index (χ3v) is 3.45. The van der Waals surface area contributed by atoms with Gasteiger partial charge in [-0.05, 0) is 46.2 Å². The molecule has 3 aromatic rings. The van der Waals surface area contributed by atoms with Crippen molar-refractivity contribution >= 4 is 5.69 Å². The van der Waals surface area contributed by atoms with Gasteiger partial charge < -0.3 is 5.73 Å². The molecule has 0 fully saturated rings. The van der Waals surface area contributed by atoms with Crippen molar-refractivity contribution in [2.24, 2.45) is 0 Å². The number of benzene rings is 2. The number of anilines is 1. The summed E-state index contributed by atoms with van der Waals surface area (Å²) in [6.45, 7) is 4.32. The molecular weight excluding hydrogens is 262 g/mol. The summed E-state index contributed by atoms with van der Waals surface area (Å²) in [6.07, 6.45) is 0. The Hall–Kier alpha value is -2.69. The summed E-state index contributed by atoms with van der Waals surface area (Å²) in [4.78, 5) is 0. The highest BCUT2D eigenvalue weighted by molar-refractivity contribution is 5.72. The van der Waals surface area contributed by atoms with Crippen LogP contribution < -0.4 is 5.73 Å². The zero-order valence-corrected chi connectivity index (χ0v) is 12.1. The van der Waals surface area contributed by atoms with E-state index in [-0.39, 0.29) is 0 Å². The molecule has 21 heavy (non-hydrogen) atoms. The van der Waals surface area contributed by atoms with Crippen LogP contribution in [-0.4, -0.2) is 20.2 Å². The number of nitrogens with two attached hydrogens (primary N) is 1. The molecule has 1 aromatic heterocycles. The average molecular weight is 279 g/mol. The lowest BCUT2D eigenvalue weighted by Crippen LogP contribution is -2.02. The standard InChI is InChI=1S/C16H17N5/c1-11(2)12-6-5-7-13(10-12)21-16(18-19-20-21)14-8-3-4-9-15(14)17/h3-11H,17H2,1-2H3. The Morgan fingerprint density at radius 2 is 1.86 bits per heavy atom. The molecule has 0 saturated carbocycles. The highest BCUT2D eigenvalue weighted by Gasteiger charge is 2.13. The van der Waals surface area contributed by atoms with Crippen molar-refractivity contribution in [1.82, 2.24) is 20.2 Å². The lowest BCUT2D eigenvalue weighted by molar-refractivity contribution is 0.786. The smallest absolute Gasteiger partial charge is 0.189 e. The molecule has 5 heteroatoms. The summed E-state index contributed by atoms with van der Waals surface area (Å²) in [7, 11) is 0. The number of nitrogens with zero attached hydrogens (tertiary/aromatic N) is 4. The molecule has 0 aliphatic carbocycles. The van der Waals surface area contributed by atoms with E-state index in [1.807, 2.05) is 36.4 Å².